The Morgan fingerprint density at radius 3 is 2.48 bits per heavy atom. The van der Waals surface area contributed by atoms with Gasteiger partial charge in [-0.25, -0.2) is 0 Å². The molecule has 0 fully saturated rings. The van der Waals surface area contributed by atoms with Crippen molar-refractivity contribution in [2.75, 3.05) is 26.7 Å². The summed E-state index contributed by atoms with van der Waals surface area (Å²) in [6, 6.07) is 18.6. The molecule has 1 amide bonds. The summed E-state index contributed by atoms with van der Waals surface area (Å²) < 4.78 is 0. The van der Waals surface area contributed by atoms with E-state index in [1.807, 2.05) is 29.2 Å². The van der Waals surface area contributed by atoms with Crippen LogP contribution in [0.4, 0.5) is 0 Å². The van der Waals surface area contributed by atoms with Crippen molar-refractivity contribution in [3.63, 3.8) is 0 Å². The molecule has 2 aromatic carbocycles. The molecule has 1 aliphatic rings. The molecule has 0 unspecified atom stereocenters. The Morgan fingerprint density at radius 2 is 1.74 bits per heavy atom. The molecule has 27 heavy (non-hydrogen) atoms. The number of aliphatic imine (C=N–C) groups is 1. The first-order valence-electron chi connectivity index (χ1n) is 9.09. The molecule has 0 radical (unpaired) electrons. The quantitative estimate of drug-likeness (QED) is 0.395. The second kappa shape index (κ2) is 10.9. The maximum absolute atomic E-state index is 12.5. The molecule has 5 nitrogen and oxygen atoms in total. The van der Waals surface area contributed by atoms with Gasteiger partial charge in [-0.2, -0.15) is 0 Å². The van der Waals surface area contributed by atoms with Crippen molar-refractivity contribution in [3.05, 3.63) is 71.3 Å². The fraction of sp³-hybridized carbons (Fsp3) is 0.333. The molecule has 6 heteroatoms. The van der Waals surface area contributed by atoms with Gasteiger partial charge in [-0.1, -0.05) is 54.6 Å². The molecule has 0 bridgehead atoms. The molecule has 0 atom stereocenters. The normalized spacial score (nSPS) is 13.4. The van der Waals surface area contributed by atoms with Crippen molar-refractivity contribution in [1.82, 2.24) is 15.5 Å². The van der Waals surface area contributed by atoms with Gasteiger partial charge in [-0.15, -0.1) is 24.0 Å². The molecule has 1 heterocycles. The van der Waals surface area contributed by atoms with Crippen LogP contribution in [0.15, 0.2) is 59.6 Å². The predicted molar refractivity (Wildman–Crippen MR) is 120 cm³/mol. The van der Waals surface area contributed by atoms with Crippen molar-refractivity contribution in [3.8, 4) is 0 Å². The van der Waals surface area contributed by atoms with Crippen LogP contribution in [0.1, 0.15) is 16.7 Å². The van der Waals surface area contributed by atoms with E-state index in [9.17, 15) is 4.79 Å². The van der Waals surface area contributed by atoms with Gasteiger partial charge >= 0.3 is 0 Å². The Bertz CT molecular complexity index is 764. The lowest BCUT2D eigenvalue weighted by Crippen LogP contribution is -2.46. The lowest BCUT2D eigenvalue weighted by molar-refractivity contribution is -0.130. The largest absolute Gasteiger partial charge is 0.356 e. The molecule has 0 saturated carbocycles. The molecular weight excluding hydrogens is 451 g/mol. The molecule has 0 aromatic heterocycles. The predicted octanol–water partition coefficient (Wildman–Crippen LogP) is 2.60. The van der Waals surface area contributed by atoms with E-state index in [1.54, 1.807) is 7.05 Å². The number of halogens is 1. The van der Waals surface area contributed by atoms with Crippen molar-refractivity contribution in [2.24, 2.45) is 4.99 Å². The van der Waals surface area contributed by atoms with Gasteiger partial charge in [0.2, 0.25) is 5.91 Å². The zero-order valence-corrected chi connectivity index (χ0v) is 18.0. The smallest absolute Gasteiger partial charge is 0.242 e. The molecule has 3 rings (SSSR count). The van der Waals surface area contributed by atoms with Crippen molar-refractivity contribution >= 4 is 35.8 Å². The Kier molecular flexibility index (Phi) is 8.57. The number of hydrogen-bond donors (Lipinski definition) is 2. The summed E-state index contributed by atoms with van der Waals surface area (Å²) in [4.78, 5) is 18.6. The molecule has 0 saturated heterocycles. The van der Waals surface area contributed by atoms with Crippen LogP contribution in [0.2, 0.25) is 0 Å². The van der Waals surface area contributed by atoms with Crippen LogP contribution >= 0.6 is 24.0 Å². The summed E-state index contributed by atoms with van der Waals surface area (Å²) in [5.74, 6) is 0.761. The maximum atomic E-state index is 12.5. The number of benzene rings is 2. The van der Waals surface area contributed by atoms with Gasteiger partial charge in [-0.3, -0.25) is 9.79 Å². The first-order valence-corrected chi connectivity index (χ1v) is 9.09. The van der Waals surface area contributed by atoms with E-state index >= 15 is 0 Å². The standard InChI is InChI=1S/C21H26N4O.HI/c1-22-21(23-13-11-17-7-3-2-4-8-17)24-15-20(26)25-14-12-18-9-5-6-10-19(18)16-25;/h2-10H,11-16H2,1H3,(H2,22,23,24);1H. The number of nitrogens with zero attached hydrogens (tertiary/aromatic N) is 2. The molecule has 2 aromatic rings. The molecule has 2 N–H and O–H groups in total. The molecule has 0 aliphatic carbocycles. The van der Waals surface area contributed by atoms with Crippen LogP contribution in [-0.4, -0.2) is 43.4 Å². The highest BCUT2D eigenvalue weighted by Crippen LogP contribution is 2.18. The van der Waals surface area contributed by atoms with Crippen LogP contribution in [0.25, 0.3) is 0 Å². The second-order valence-electron chi connectivity index (χ2n) is 6.42. The number of nitrogens with one attached hydrogen (secondary N) is 2. The molecule has 1 aliphatic heterocycles. The lowest BCUT2D eigenvalue weighted by atomic mass is 10.00. The average Bonchev–Trinajstić information content (AvgIpc) is 2.70. The highest BCUT2D eigenvalue weighted by atomic mass is 127. The third kappa shape index (κ3) is 6.23. The number of carbonyl (C=O) groups is 1. The number of rotatable bonds is 5. The van der Waals surface area contributed by atoms with E-state index in [2.05, 4.69) is 46.0 Å². The van der Waals surface area contributed by atoms with Gasteiger partial charge in [0.15, 0.2) is 5.96 Å². The zero-order valence-electron chi connectivity index (χ0n) is 15.6. The van der Waals surface area contributed by atoms with Crippen LogP contribution < -0.4 is 10.6 Å². The first-order chi connectivity index (χ1) is 12.8. The van der Waals surface area contributed by atoms with E-state index in [-0.39, 0.29) is 36.4 Å². The van der Waals surface area contributed by atoms with Gasteiger partial charge in [0.1, 0.15) is 0 Å². The minimum Gasteiger partial charge on any atom is -0.356 e. The Morgan fingerprint density at radius 1 is 1.04 bits per heavy atom. The summed E-state index contributed by atoms with van der Waals surface area (Å²) in [5.41, 5.74) is 3.87. The fourth-order valence-electron chi connectivity index (χ4n) is 3.17. The number of carbonyl (C=O) groups excluding carboxylic acids is 1. The monoisotopic (exact) mass is 478 g/mol. The topological polar surface area (TPSA) is 56.7 Å². The summed E-state index contributed by atoms with van der Waals surface area (Å²) >= 11 is 0. The lowest BCUT2D eigenvalue weighted by Gasteiger charge is -2.29. The van der Waals surface area contributed by atoms with Crippen molar-refractivity contribution < 1.29 is 4.79 Å². The fourth-order valence-corrected chi connectivity index (χ4v) is 3.17. The number of hydrogen-bond acceptors (Lipinski definition) is 2. The van der Waals surface area contributed by atoms with Crippen molar-refractivity contribution in [1.29, 1.82) is 0 Å². The number of fused-ring (bicyclic) bond motifs is 1. The molecule has 0 spiro atoms. The summed E-state index contributed by atoms with van der Waals surface area (Å²) in [7, 11) is 1.72. The maximum Gasteiger partial charge on any atom is 0.242 e. The summed E-state index contributed by atoms with van der Waals surface area (Å²) in [6.07, 6.45) is 1.84. The summed E-state index contributed by atoms with van der Waals surface area (Å²) in [6.45, 7) is 2.50. The minimum atomic E-state index is 0. The van der Waals surface area contributed by atoms with E-state index in [0.717, 1.165) is 25.9 Å². The molecular formula is C21H27IN4O. The third-order valence-corrected chi connectivity index (χ3v) is 4.66. The van der Waals surface area contributed by atoms with Crippen LogP contribution in [0.5, 0.6) is 0 Å². The van der Waals surface area contributed by atoms with Gasteiger partial charge < -0.3 is 15.5 Å². The third-order valence-electron chi connectivity index (χ3n) is 4.66. The summed E-state index contributed by atoms with van der Waals surface area (Å²) in [5, 5.41) is 6.38. The van der Waals surface area contributed by atoms with E-state index in [1.165, 1.54) is 16.7 Å². The van der Waals surface area contributed by atoms with Crippen molar-refractivity contribution in [2.45, 2.75) is 19.4 Å². The Balaban J connectivity index is 0.00000261. The van der Waals surface area contributed by atoms with Gasteiger partial charge in [0.25, 0.3) is 0 Å². The van der Waals surface area contributed by atoms with E-state index in [4.69, 9.17) is 0 Å². The Labute approximate surface area is 178 Å². The zero-order chi connectivity index (χ0) is 18.2. The highest BCUT2D eigenvalue weighted by molar-refractivity contribution is 14.0. The van der Waals surface area contributed by atoms with Gasteiger partial charge in [0, 0.05) is 26.7 Å². The van der Waals surface area contributed by atoms with Gasteiger partial charge in [-0.05, 0) is 29.5 Å². The Hall–Kier alpha value is -2.09. The van der Waals surface area contributed by atoms with E-state index < -0.39 is 0 Å². The first kappa shape index (κ1) is 21.2. The average molecular weight is 478 g/mol. The second-order valence-corrected chi connectivity index (χ2v) is 6.42. The minimum absolute atomic E-state index is 0. The SMILES string of the molecule is CN=C(NCCc1ccccc1)NCC(=O)N1CCc2ccccc2C1.I. The van der Waals surface area contributed by atoms with E-state index in [0.29, 0.717) is 12.5 Å². The highest BCUT2D eigenvalue weighted by Gasteiger charge is 2.20. The number of amides is 1. The van der Waals surface area contributed by atoms with Gasteiger partial charge in [0.05, 0.1) is 6.54 Å². The molecule has 144 valence electrons. The number of guanidine groups is 1. The van der Waals surface area contributed by atoms with Crippen LogP contribution in [-0.2, 0) is 24.2 Å². The van der Waals surface area contributed by atoms with Crippen LogP contribution in [0, 0.1) is 0 Å². The van der Waals surface area contributed by atoms with Crippen LogP contribution in [0.3, 0.4) is 0 Å².